The number of benzene rings is 1. The average molecular weight is 152 g/mol. The highest BCUT2D eigenvalue weighted by Gasteiger charge is 1.97. The highest BCUT2D eigenvalue weighted by atomic mass is 16.5. The molecule has 60 valence electrons. The molecule has 0 fully saturated rings. The third-order valence-corrected chi connectivity index (χ3v) is 1.34. The van der Waals surface area contributed by atoms with Gasteiger partial charge in [-0.3, -0.25) is 0 Å². The van der Waals surface area contributed by atoms with Crippen molar-refractivity contribution in [3.63, 3.8) is 0 Å². The maximum absolute atomic E-state index is 5.59. The highest BCUT2D eigenvalue weighted by Crippen LogP contribution is 2.23. The fourth-order valence-corrected chi connectivity index (χ4v) is 0.831. The van der Waals surface area contributed by atoms with Crippen LogP contribution >= 0.6 is 0 Å². The maximum Gasteiger partial charge on any atom is 0.144 e. The summed E-state index contributed by atoms with van der Waals surface area (Å²) >= 11 is 0. The third-order valence-electron chi connectivity index (χ3n) is 1.34. The molecule has 0 aliphatic heterocycles. The molecule has 4 N–H and O–H groups in total. The zero-order valence-corrected chi connectivity index (χ0v) is 6.50. The van der Waals surface area contributed by atoms with Gasteiger partial charge >= 0.3 is 0 Å². The Balaban J connectivity index is 2.93. The van der Waals surface area contributed by atoms with Gasteiger partial charge in [0.1, 0.15) is 5.75 Å². The van der Waals surface area contributed by atoms with Crippen LogP contribution in [0, 0.1) is 0 Å². The smallest absolute Gasteiger partial charge is 0.144 e. The SMILES string of the molecule is CCOc1cc(N)ccc1N. The number of nitrogen functional groups attached to an aromatic ring is 2. The molecule has 0 saturated carbocycles. The molecule has 1 aromatic carbocycles. The first-order valence-electron chi connectivity index (χ1n) is 3.52. The van der Waals surface area contributed by atoms with E-state index in [9.17, 15) is 0 Å². The number of hydrogen-bond acceptors (Lipinski definition) is 3. The molecule has 0 heterocycles. The summed E-state index contributed by atoms with van der Waals surface area (Å²) in [5.41, 5.74) is 12.4. The molecule has 0 saturated heterocycles. The van der Waals surface area contributed by atoms with Crippen LogP contribution in [0.25, 0.3) is 0 Å². The van der Waals surface area contributed by atoms with Gasteiger partial charge in [-0.15, -0.1) is 0 Å². The van der Waals surface area contributed by atoms with Crippen molar-refractivity contribution in [3.8, 4) is 5.75 Å². The third kappa shape index (κ3) is 1.77. The van der Waals surface area contributed by atoms with Crippen LogP contribution in [-0.4, -0.2) is 6.61 Å². The summed E-state index contributed by atoms with van der Waals surface area (Å²) < 4.78 is 5.21. The van der Waals surface area contributed by atoms with Crippen molar-refractivity contribution in [2.24, 2.45) is 0 Å². The molecule has 1 rings (SSSR count). The monoisotopic (exact) mass is 152 g/mol. The van der Waals surface area contributed by atoms with Gasteiger partial charge in [0.25, 0.3) is 0 Å². The number of rotatable bonds is 2. The van der Waals surface area contributed by atoms with Crippen LogP contribution in [0.3, 0.4) is 0 Å². The molecule has 0 unspecified atom stereocenters. The Hall–Kier alpha value is -1.38. The van der Waals surface area contributed by atoms with Crippen LogP contribution in [0.2, 0.25) is 0 Å². The second kappa shape index (κ2) is 3.14. The normalized spacial score (nSPS) is 9.55. The van der Waals surface area contributed by atoms with Crippen molar-refractivity contribution in [3.05, 3.63) is 18.2 Å². The quantitative estimate of drug-likeness (QED) is 0.627. The molecule has 1 aromatic rings. The zero-order valence-electron chi connectivity index (χ0n) is 6.50. The van der Waals surface area contributed by atoms with Gasteiger partial charge in [0.05, 0.1) is 12.3 Å². The summed E-state index contributed by atoms with van der Waals surface area (Å²) in [6, 6.07) is 5.21. The van der Waals surface area contributed by atoms with E-state index in [2.05, 4.69) is 0 Å². The topological polar surface area (TPSA) is 61.3 Å². The molecule has 0 aromatic heterocycles. The fourth-order valence-electron chi connectivity index (χ4n) is 0.831. The van der Waals surface area contributed by atoms with Gasteiger partial charge < -0.3 is 16.2 Å². The minimum Gasteiger partial charge on any atom is -0.492 e. The summed E-state index contributed by atoms with van der Waals surface area (Å²) in [6.07, 6.45) is 0. The van der Waals surface area contributed by atoms with Gasteiger partial charge in [-0.25, -0.2) is 0 Å². The van der Waals surface area contributed by atoms with Crippen LogP contribution in [0.15, 0.2) is 18.2 Å². The van der Waals surface area contributed by atoms with Crippen molar-refractivity contribution in [1.29, 1.82) is 0 Å². The zero-order chi connectivity index (χ0) is 8.27. The van der Waals surface area contributed by atoms with E-state index in [1.807, 2.05) is 6.92 Å². The van der Waals surface area contributed by atoms with Gasteiger partial charge in [-0.1, -0.05) is 0 Å². The number of nitrogens with two attached hydrogens (primary N) is 2. The molecule has 0 amide bonds. The minimum atomic E-state index is 0.605. The van der Waals surface area contributed by atoms with Crippen molar-refractivity contribution in [2.75, 3.05) is 18.1 Å². The van der Waals surface area contributed by atoms with Gasteiger partial charge in [0, 0.05) is 11.8 Å². The summed E-state index contributed by atoms with van der Waals surface area (Å²) in [5, 5.41) is 0. The Morgan fingerprint density at radius 2 is 2.09 bits per heavy atom. The van der Waals surface area contributed by atoms with Crippen molar-refractivity contribution >= 4 is 11.4 Å². The van der Waals surface area contributed by atoms with Crippen LogP contribution in [0.4, 0.5) is 11.4 Å². The molecular formula is C8H12N2O. The van der Waals surface area contributed by atoms with Gasteiger partial charge in [0.2, 0.25) is 0 Å². The number of anilines is 2. The van der Waals surface area contributed by atoms with Crippen LogP contribution in [0.5, 0.6) is 5.75 Å². The Kier molecular flexibility index (Phi) is 2.21. The minimum absolute atomic E-state index is 0.605. The summed E-state index contributed by atoms with van der Waals surface area (Å²) in [5.74, 6) is 0.660. The van der Waals surface area contributed by atoms with Gasteiger partial charge in [-0.05, 0) is 19.1 Å². The van der Waals surface area contributed by atoms with Crippen molar-refractivity contribution < 1.29 is 4.74 Å². The lowest BCUT2D eigenvalue weighted by Crippen LogP contribution is -1.97. The molecule has 0 atom stereocenters. The Labute approximate surface area is 66.0 Å². The Bertz CT molecular complexity index is 248. The number of ether oxygens (including phenoxy) is 1. The molecule has 0 radical (unpaired) electrons. The maximum atomic E-state index is 5.59. The van der Waals surface area contributed by atoms with E-state index < -0.39 is 0 Å². The molecule has 0 spiro atoms. The lowest BCUT2D eigenvalue weighted by molar-refractivity contribution is 0.342. The summed E-state index contributed by atoms with van der Waals surface area (Å²) in [6.45, 7) is 2.51. The molecule has 3 nitrogen and oxygen atoms in total. The molecule has 3 heteroatoms. The molecule has 0 aliphatic rings. The molecular weight excluding hydrogens is 140 g/mol. The first kappa shape index (κ1) is 7.72. The second-order valence-electron chi connectivity index (χ2n) is 2.23. The van der Waals surface area contributed by atoms with Crippen LogP contribution < -0.4 is 16.2 Å². The van der Waals surface area contributed by atoms with Crippen LogP contribution in [0.1, 0.15) is 6.92 Å². The summed E-state index contributed by atoms with van der Waals surface area (Å²) in [4.78, 5) is 0. The predicted octanol–water partition coefficient (Wildman–Crippen LogP) is 1.25. The number of hydrogen-bond donors (Lipinski definition) is 2. The van der Waals surface area contributed by atoms with E-state index in [0.29, 0.717) is 23.7 Å². The lowest BCUT2D eigenvalue weighted by Gasteiger charge is -2.06. The Morgan fingerprint density at radius 1 is 1.36 bits per heavy atom. The van der Waals surface area contributed by atoms with E-state index in [1.54, 1.807) is 18.2 Å². The standard InChI is InChI=1S/C8H12N2O/c1-2-11-8-5-6(9)3-4-7(8)10/h3-5H,2,9-10H2,1H3. The van der Waals surface area contributed by atoms with Crippen LogP contribution in [-0.2, 0) is 0 Å². The predicted molar refractivity (Wildman–Crippen MR) is 46.4 cm³/mol. The van der Waals surface area contributed by atoms with E-state index in [-0.39, 0.29) is 0 Å². The first-order chi connectivity index (χ1) is 5.24. The molecule has 0 aliphatic carbocycles. The average Bonchev–Trinajstić information content (AvgIpc) is 1.98. The van der Waals surface area contributed by atoms with E-state index in [4.69, 9.17) is 16.2 Å². The van der Waals surface area contributed by atoms with Crippen molar-refractivity contribution in [1.82, 2.24) is 0 Å². The van der Waals surface area contributed by atoms with E-state index in [0.717, 1.165) is 0 Å². The summed E-state index contributed by atoms with van der Waals surface area (Å²) in [7, 11) is 0. The second-order valence-corrected chi connectivity index (χ2v) is 2.23. The van der Waals surface area contributed by atoms with E-state index in [1.165, 1.54) is 0 Å². The highest BCUT2D eigenvalue weighted by molar-refractivity contribution is 5.59. The molecule has 0 bridgehead atoms. The first-order valence-corrected chi connectivity index (χ1v) is 3.52. The van der Waals surface area contributed by atoms with Crippen molar-refractivity contribution in [2.45, 2.75) is 6.92 Å². The molecule has 11 heavy (non-hydrogen) atoms. The van der Waals surface area contributed by atoms with Gasteiger partial charge in [-0.2, -0.15) is 0 Å². The lowest BCUT2D eigenvalue weighted by atomic mass is 10.2. The largest absolute Gasteiger partial charge is 0.492 e. The van der Waals surface area contributed by atoms with Gasteiger partial charge in [0.15, 0.2) is 0 Å². The fraction of sp³-hybridized carbons (Fsp3) is 0.250. The van der Waals surface area contributed by atoms with E-state index >= 15 is 0 Å². The Morgan fingerprint density at radius 3 is 2.73 bits per heavy atom.